The summed E-state index contributed by atoms with van der Waals surface area (Å²) in [5.74, 6) is 0. The van der Waals surface area contributed by atoms with E-state index >= 15 is 0 Å². The fourth-order valence-corrected chi connectivity index (χ4v) is 0.177. The third-order valence-corrected chi connectivity index (χ3v) is 0.530. The molecule has 1 nitrogen and oxygen atoms in total. The minimum atomic E-state index is 0. The van der Waals surface area contributed by atoms with Crippen LogP contribution in [0.4, 0.5) is 0 Å². The van der Waals surface area contributed by atoms with Gasteiger partial charge in [-0.15, -0.1) is 0 Å². The first-order chi connectivity index (χ1) is 2.41. The maximum atomic E-state index is 6.60. The SMILES string of the molecule is CCCC[NH-].[CH3-].[Mg+2]. The van der Waals surface area contributed by atoms with Gasteiger partial charge in [0.2, 0.25) is 0 Å². The van der Waals surface area contributed by atoms with Crippen molar-refractivity contribution in [3.8, 4) is 0 Å². The van der Waals surface area contributed by atoms with Crippen LogP contribution in [0.1, 0.15) is 19.8 Å². The zero-order valence-electron chi connectivity index (χ0n) is 5.33. The number of rotatable bonds is 2. The molecule has 0 aliphatic carbocycles. The Hall–Kier alpha value is 0.726. The molecule has 0 saturated heterocycles. The summed E-state index contributed by atoms with van der Waals surface area (Å²) in [5.41, 5.74) is 6.60. The minimum Gasteiger partial charge on any atom is -0.677 e. The largest absolute Gasteiger partial charge is 2.00 e. The van der Waals surface area contributed by atoms with Crippen molar-refractivity contribution in [1.82, 2.24) is 0 Å². The molecule has 0 aliphatic heterocycles. The van der Waals surface area contributed by atoms with Gasteiger partial charge in [0.1, 0.15) is 0 Å². The van der Waals surface area contributed by atoms with Crippen molar-refractivity contribution in [3.63, 3.8) is 0 Å². The van der Waals surface area contributed by atoms with Gasteiger partial charge in [-0.1, -0.05) is 19.8 Å². The third kappa shape index (κ3) is 20.2. The van der Waals surface area contributed by atoms with Crippen molar-refractivity contribution < 1.29 is 0 Å². The molecule has 0 amide bonds. The predicted molar refractivity (Wildman–Crippen MR) is 36.3 cm³/mol. The van der Waals surface area contributed by atoms with E-state index in [0.717, 1.165) is 12.8 Å². The topological polar surface area (TPSA) is 23.8 Å². The van der Waals surface area contributed by atoms with E-state index in [1.165, 1.54) is 0 Å². The Morgan fingerprint density at radius 1 is 1.43 bits per heavy atom. The minimum absolute atomic E-state index is 0. The van der Waals surface area contributed by atoms with Crippen LogP contribution in [0.3, 0.4) is 0 Å². The van der Waals surface area contributed by atoms with Crippen LogP contribution in [0.5, 0.6) is 0 Å². The molecule has 0 heterocycles. The molecule has 0 rings (SSSR count). The molecule has 2 heteroatoms. The average Bonchev–Trinajstić information content (AvgIpc) is 1.41. The van der Waals surface area contributed by atoms with Gasteiger partial charge in [0.25, 0.3) is 0 Å². The molecule has 0 radical (unpaired) electrons. The van der Waals surface area contributed by atoms with Crippen LogP contribution in [-0.2, 0) is 0 Å². The van der Waals surface area contributed by atoms with Gasteiger partial charge < -0.3 is 13.2 Å². The van der Waals surface area contributed by atoms with E-state index in [1.807, 2.05) is 0 Å². The zero-order valence-corrected chi connectivity index (χ0v) is 6.74. The second-order valence-corrected chi connectivity index (χ2v) is 1.10. The van der Waals surface area contributed by atoms with E-state index in [1.54, 1.807) is 0 Å². The van der Waals surface area contributed by atoms with Crippen molar-refractivity contribution in [3.05, 3.63) is 13.2 Å². The van der Waals surface area contributed by atoms with Gasteiger partial charge in [0.15, 0.2) is 0 Å². The molecule has 0 saturated carbocycles. The van der Waals surface area contributed by atoms with E-state index in [-0.39, 0.29) is 30.5 Å². The Labute approximate surface area is 62.8 Å². The van der Waals surface area contributed by atoms with Crippen LogP contribution >= 0.6 is 0 Å². The molecule has 0 bridgehead atoms. The molecule has 0 unspecified atom stereocenters. The summed E-state index contributed by atoms with van der Waals surface area (Å²) in [6, 6.07) is 0. The first kappa shape index (κ1) is 15.6. The number of nitrogens with one attached hydrogen (secondary N) is 1. The Morgan fingerprint density at radius 3 is 1.86 bits per heavy atom. The van der Waals surface area contributed by atoms with E-state index in [9.17, 15) is 0 Å². The van der Waals surface area contributed by atoms with Gasteiger partial charge in [-0.05, 0) is 0 Å². The number of hydrogen-bond donors (Lipinski definition) is 0. The van der Waals surface area contributed by atoms with Crippen molar-refractivity contribution >= 4 is 23.1 Å². The standard InChI is InChI=1S/C4H10N.CH3.Mg/c1-2-3-4-5;;/h5H,2-4H2,1H3;1H3;/q2*-1;+2. The molecule has 0 aliphatic rings. The van der Waals surface area contributed by atoms with Crippen LogP contribution in [-0.4, -0.2) is 29.6 Å². The quantitative estimate of drug-likeness (QED) is 0.384. The van der Waals surface area contributed by atoms with Crippen LogP contribution in [0.25, 0.3) is 5.73 Å². The summed E-state index contributed by atoms with van der Waals surface area (Å²) in [7, 11) is 0. The van der Waals surface area contributed by atoms with Crippen molar-refractivity contribution in [1.29, 1.82) is 0 Å². The summed E-state index contributed by atoms with van der Waals surface area (Å²) < 4.78 is 0. The zero-order chi connectivity index (χ0) is 4.12. The summed E-state index contributed by atoms with van der Waals surface area (Å²) in [5, 5.41) is 0. The van der Waals surface area contributed by atoms with Gasteiger partial charge in [-0.2, -0.15) is 6.54 Å². The molecule has 1 N–H and O–H groups in total. The smallest absolute Gasteiger partial charge is 0.677 e. The molecular weight excluding hydrogens is 98.4 g/mol. The van der Waals surface area contributed by atoms with Gasteiger partial charge in [0, 0.05) is 0 Å². The monoisotopic (exact) mass is 111 g/mol. The Morgan fingerprint density at radius 2 is 1.86 bits per heavy atom. The summed E-state index contributed by atoms with van der Waals surface area (Å²) in [4.78, 5) is 0. The van der Waals surface area contributed by atoms with Gasteiger partial charge >= 0.3 is 23.1 Å². The summed E-state index contributed by atoms with van der Waals surface area (Å²) in [6.07, 6.45) is 2.21. The molecular formula is C5H13MgN. The van der Waals surface area contributed by atoms with Crippen LogP contribution < -0.4 is 0 Å². The van der Waals surface area contributed by atoms with Gasteiger partial charge in [-0.3, -0.25) is 0 Å². The summed E-state index contributed by atoms with van der Waals surface area (Å²) in [6.45, 7) is 2.69. The summed E-state index contributed by atoms with van der Waals surface area (Å²) >= 11 is 0. The fraction of sp³-hybridized carbons (Fsp3) is 0.800. The molecule has 7 heavy (non-hydrogen) atoms. The average molecular weight is 111 g/mol. The van der Waals surface area contributed by atoms with E-state index in [4.69, 9.17) is 5.73 Å². The molecule has 0 aromatic rings. The van der Waals surface area contributed by atoms with Gasteiger partial charge in [-0.25, -0.2) is 0 Å². The number of unbranched alkanes of at least 4 members (excludes halogenated alkanes) is 1. The van der Waals surface area contributed by atoms with Crippen molar-refractivity contribution in [2.24, 2.45) is 0 Å². The van der Waals surface area contributed by atoms with Gasteiger partial charge in [0.05, 0.1) is 0 Å². The van der Waals surface area contributed by atoms with Crippen LogP contribution in [0.2, 0.25) is 0 Å². The molecule has 0 aromatic carbocycles. The van der Waals surface area contributed by atoms with E-state index < -0.39 is 0 Å². The maximum Gasteiger partial charge on any atom is 2.00 e. The normalized spacial score (nSPS) is 6.00. The Kier molecular flexibility index (Phi) is 35.5. The van der Waals surface area contributed by atoms with E-state index in [0.29, 0.717) is 6.54 Å². The Balaban J connectivity index is -0.0000000800. The number of hydrogen-bond acceptors (Lipinski definition) is 0. The fourth-order valence-electron chi connectivity index (χ4n) is 0.177. The van der Waals surface area contributed by atoms with Crippen molar-refractivity contribution in [2.45, 2.75) is 19.8 Å². The third-order valence-electron chi connectivity index (χ3n) is 0.530. The molecule has 40 valence electrons. The second kappa shape index (κ2) is 15.9. The first-order valence-electron chi connectivity index (χ1n) is 2.06. The van der Waals surface area contributed by atoms with Crippen molar-refractivity contribution in [2.75, 3.05) is 6.54 Å². The second-order valence-electron chi connectivity index (χ2n) is 1.10. The van der Waals surface area contributed by atoms with Crippen LogP contribution in [0, 0.1) is 7.43 Å². The maximum absolute atomic E-state index is 6.60. The molecule has 0 spiro atoms. The predicted octanol–water partition coefficient (Wildman–Crippen LogP) is 1.91. The molecule has 0 fully saturated rings. The Bertz CT molecular complexity index is 15.6. The molecule has 0 atom stereocenters. The van der Waals surface area contributed by atoms with E-state index in [2.05, 4.69) is 6.92 Å². The molecule has 0 aromatic heterocycles. The first-order valence-corrected chi connectivity index (χ1v) is 2.06. The van der Waals surface area contributed by atoms with Crippen LogP contribution in [0.15, 0.2) is 0 Å².